The molecule has 0 atom stereocenters. The molecule has 0 saturated carbocycles. The van der Waals surface area contributed by atoms with Crippen LogP contribution in [0, 0.1) is 0 Å². The number of furan rings is 1. The van der Waals surface area contributed by atoms with Crippen LogP contribution in [0.3, 0.4) is 0 Å². The molecule has 1 aliphatic heterocycles. The van der Waals surface area contributed by atoms with Crippen molar-refractivity contribution in [2.45, 2.75) is 0 Å². The van der Waals surface area contributed by atoms with E-state index in [1.807, 2.05) is 17.0 Å². The second kappa shape index (κ2) is 6.60. The second-order valence-corrected chi connectivity index (χ2v) is 6.10. The second-order valence-electron chi connectivity index (χ2n) is 5.66. The zero-order valence-corrected chi connectivity index (χ0v) is 14.0. The maximum Gasteiger partial charge on any atom is 0.324 e. The number of piperazine rings is 1. The highest BCUT2D eigenvalue weighted by molar-refractivity contribution is 6.30. The van der Waals surface area contributed by atoms with Crippen LogP contribution in [0.1, 0.15) is 10.6 Å². The molecule has 4 rings (SSSR count). The summed E-state index contributed by atoms with van der Waals surface area (Å²) in [7, 11) is 0. The first-order chi connectivity index (χ1) is 12.2. The summed E-state index contributed by atoms with van der Waals surface area (Å²) in [6, 6.07) is 11.1. The van der Waals surface area contributed by atoms with Gasteiger partial charge in [0.05, 0.1) is 6.26 Å². The van der Waals surface area contributed by atoms with E-state index in [0.717, 1.165) is 5.56 Å². The number of hydrogen-bond donors (Lipinski definition) is 0. The van der Waals surface area contributed by atoms with Gasteiger partial charge in [-0.05, 0) is 36.4 Å². The molecule has 1 amide bonds. The average molecular weight is 359 g/mol. The number of aromatic nitrogens is 2. The molecule has 0 aliphatic carbocycles. The molecular weight excluding hydrogens is 344 g/mol. The number of nitrogens with zero attached hydrogens (tertiary/aromatic N) is 4. The van der Waals surface area contributed by atoms with Crippen LogP contribution in [0.5, 0.6) is 0 Å². The van der Waals surface area contributed by atoms with Gasteiger partial charge in [0.1, 0.15) is 0 Å². The van der Waals surface area contributed by atoms with Crippen LogP contribution in [0.4, 0.5) is 6.01 Å². The lowest BCUT2D eigenvalue weighted by molar-refractivity contribution is 0.0712. The Labute approximate surface area is 148 Å². The number of carbonyl (C=O) groups is 1. The molecule has 0 unspecified atom stereocenters. The van der Waals surface area contributed by atoms with Crippen LogP contribution >= 0.6 is 11.6 Å². The maximum atomic E-state index is 12.3. The zero-order valence-electron chi connectivity index (χ0n) is 13.3. The Kier molecular flexibility index (Phi) is 4.15. The highest BCUT2D eigenvalue weighted by Crippen LogP contribution is 2.22. The van der Waals surface area contributed by atoms with E-state index in [-0.39, 0.29) is 5.91 Å². The lowest BCUT2D eigenvalue weighted by atomic mass is 10.2. The fraction of sp³-hybridized carbons (Fsp3) is 0.235. The van der Waals surface area contributed by atoms with Gasteiger partial charge >= 0.3 is 6.01 Å². The fourth-order valence-electron chi connectivity index (χ4n) is 2.72. The lowest BCUT2D eigenvalue weighted by Gasteiger charge is -2.32. The summed E-state index contributed by atoms with van der Waals surface area (Å²) >= 11 is 5.89. The van der Waals surface area contributed by atoms with E-state index >= 15 is 0 Å². The van der Waals surface area contributed by atoms with Crippen LogP contribution < -0.4 is 4.90 Å². The SMILES string of the molecule is O=C(c1ccco1)N1CCN(c2nc(-c3ccc(Cl)cc3)no2)CC1. The molecule has 3 heterocycles. The minimum atomic E-state index is -0.1000. The summed E-state index contributed by atoms with van der Waals surface area (Å²) in [6.07, 6.45) is 1.50. The van der Waals surface area contributed by atoms with Crippen molar-refractivity contribution in [1.82, 2.24) is 15.0 Å². The minimum Gasteiger partial charge on any atom is -0.459 e. The molecule has 0 radical (unpaired) electrons. The molecule has 2 aromatic heterocycles. The monoisotopic (exact) mass is 358 g/mol. The number of benzene rings is 1. The van der Waals surface area contributed by atoms with Crippen LogP contribution in [0.2, 0.25) is 5.02 Å². The molecule has 3 aromatic rings. The first-order valence-corrected chi connectivity index (χ1v) is 8.26. The van der Waals surface area contributed by atoms with E-state index in [9.17, 15) is 4.79 Å². The molecule has 25 heavy (non-hydrogen) atoms. The highest BCUT2D eigenvalue weighted by atomic mass is 35.5. The largest absolute Gasteiger partial charge is 0.459 e. The predicted octanol–water partition coefficient (Wildman–Crippen LogP) is 2.95. The van der Waals surface area contributed by atoms with Crippen molar-refractivity contribution < 1.29 is 13.7 Å². The molecule has 1 aliphatic rings. The van der Waals surface area contributed by atoms with Gasteiger partial charge in [0.15, 0.2) is 5.76 Å². The fourth-order valence-corrected chi connectivity index (χ4v) is 2.84. The topological polar surface area (TPSA) is 75.6 Å². The van der Waals surface area contributed by atoms with E-state index in [0.29, 0.717) is 48.8 Å². The smallest absolute Gasteiger partial charge is 0.324 e. The quantitative estimate of drug-likeness (QED) is 0.716. The Hall–Kier alpha value is -2.80. The number of carbonyl (C=O) groups excluding carboxylic acids is 1. The Morgan fingerprint density at radius 2 is 1.84 bits per heavy atom. The molecular formula is C17H15ClN4O3. The van der Waals surface area contributed by atoms with Crippen molar-refractivity contribution in [1.29, 1.82) is 0 Å². The number of rotatable bonds is 3. The predicted molar refractivity (Wildman–Crippen MR) is 91.6 cm³/mol. The normalized spacial score (nSPS) is 14.8. The van der Waals surface area contributed by atoms with Gasteiger partial charge in [-0.15, -0.1) is 0 Å². The van der Waals surface area contributed by atoms with Crippen molar-refractivity contribution in [3.8, 4) is 11.4 Å². The summed E-state index contributed by atoms with van der Waals surface area (Å²) in [4.78, 5) is 20.4. The first-order valence-electron chi connectivity index (χ1n) is 7.88. The van der Waals surface area contributed by atoms with Crippen LogP contribution in [-0.2, 0) is 0 Å². The number of halogens is 1. The standard InChI is InChI=1S/C17H15ClN4O3/c18-13-5-3-12(4-6-13)15-19-17(25-20-15)22-9-7-21(8-10-22)16(23)14-2-1-11-24-14/h1-6,11H,7-10H2. The molecule has 128 valence electrons. The number of anilines is 1. The van der Waals surface area contributed by atoms with E-state index in [1.165, 1.54) is 6.26 Å². The van der Waals surface area contributed by atoms with Gasteiger partial charge in [-0.25, -0.2) is 0 Å². The summed E-state index contributed by atoms with van der Waals surface area (Å²) in [5, 5.41) is 4.68. The Morgan fingerprint density at radius 1 is 1.08 bits per heavy atom. The Balaban J connectivity index is 1.41. The van der Waals surface area contributed by atoms with Gasteiger partial charge in [-0.1, -0.05) is 16.8 Å². The molecule has 1 aromatic carbocycles. The van der Waals surface area contributed by atoms with Crippen molar-refractivity contribution in [3.05, 3.63) is 53.4 Å². The van der Waals surface area contributed by atoms with Crippen molar-refractivity contribution in [3.63, 3.8) is 0 Å². The molecule has 0 bridgehead atoms. The van der Waals surface area contributed by atoms with E-state index in [2.05, 4.69) is 10.1 Å². The van der Waals surface area contributed by atoms with E-state index in [1.54, 1.807) is 29.2 Å². The summed E-state index contributed by atoms with van der Waals surface area (Å²) < 4.78 is 10.5. The van der Waals surface area contributed by atoms with Crippen LogP contribution in [0.15, 0.2) is 51.6 Å². The number of amides is 1. The van der Waals surface area contributed by atoms with Gasteiger partial charge in [0.2, 0.25) is 5.82 Å². The van der Waals surface area contributed by atoms with Crippen molar-refractivity contribution >= 4 is 23.5 Å². The first kappa shape index (κ1) is 15.7. The van der Waals surface area contributed by atoms with Gasteiger partial charge in [0.25, 0.3) is 5.91 Å². The Bertz CT molecular complexity index is 852. The van der Waals surface area contributed by atoms with Gasteiger partial charge in [0, 0.05) is 36.8 Å². The Morgan fingerprint density at radius 3 is 2.52 bits per heavy atom. The molecule has 8 heteroatoms. The lowest BCUT2D eigenvalue weighted by Crippen LogP contribution is -2.48. The average Bonchev–Trinajstić information content (AvgIpc) is 3.34. The minimum absolute atomic E-state index is 0.1000. The number of hydrogen-bond acceptors (Lipinski definition) is 6. The summed E-state index contributed by atoms with van der Waals surface area (Å²) in [5.74, 6) is 0.772. The van der Waals surface area contributed by atoms with Crippen LogP contribution in [-0.4, -0.2) is 47.1 Å². The summed E-state index contributed by atoms with van der Waals surface area (Å²) in [5.41, 5.74) is 0.839. The third-order valence-corrected chi connectivity index (χ3v) is 4.34. The summed E-state index contributed by atoms with van der Waals surface area (Å²) in [6.45, 7) is 2.37. The van der Waals surface area contributed by atoms with E-state index in [4.69, 9.17) is 20.5 Å². The maximum absolute atomic E-state index is 12.3. The highest BCUT2D eigenvalue weighted by Gasteiger charge is 2.26. The molecule has 1 saturated heterocycles. The van der Waals surface area contributed by atoms with Gasteiger partial charge < -0.3 is 18.7 Å². The zero-order chi connectivity index (χ0) is 17.2. The van der Waals surface area contributed by atoms with Crippen molar-refractivity contribution in [2.75, 3.05) is 31.1 Å². The van der Waals surface area contributed by atoms with E-state index < -0.39 is 0 Å². The van der Waals surface area contributed by atoms with Gasteiger partial charge in [-0.2, -0.15) is 4.98 Å². The third-order valence-electron chi connectivity index (χ3n) is 4.09. The van der Waals surface area contributed by atoms with Crippen molar-refractivity contribution in [2.24, 2.45) is 0 Å². The molecule has 1 fully saturated rings. The third kappa shape index (κ3) is 3.23. The molecule has 0 N–H and O–H groups in total. The molecule has 7 nitrogen and oxygen atoms in total. The molecule has 0 spiro atoms. The van der Waals surface area contributed by atoms with Gasteiger partial charge in [-0.3, -0.25) is 4.79 Å². The van der Waals surface area contributed by atoms with Crippen LogP contribution in [0.25, 0.3) is 11.4 Å².